The van der Waals surface area contributed by atoms with E-state index in [0.29, 0.717) is 6.42 Å². The highest BCUT2D eigenvalue weighted by Gasteiger charge is 2.35. The summed E-state index contributed by atoms with van der Waals surface area (Å²) >= 11 is 10.9. The number of aryl methyl sites for hydroxylation is 1. The first kappa shape index (κ1) is 12.7. The average Bonchev–Trinajstić information content (AvgIpc) is 2.77. The van der Waals surface area contributed by atoms with Gasteiger partial charge in [0.2, 0.25) is 0 Å². The SMILES string of the molecule is OC1(c2ccc(Cl)s2)CCc2cc(Br)ccc2C1. The molecule has 3 rings (SSSR count). The largest absolute Gasteiger partial charge is 0.384 e. The van der Waals surface area contributed by atoms with Crippen LogP contribution in [0.3, 0.4) is 0 Å². The molecular weight excluding hydrogens is 332 g/mol. The maximum absolute atomic E-state index is 10.8. The zero-order valence-electron chi connectivity index (χ0n) is 9.62. The number of halogens is 2. The van der Waals surface area contributed by atoms with Crippen molar-refractivity contribution in [2.75, 3.05) is 0 Å². The monoisotopic (exact) mass is 342 g/mol. The number of rotatable bonds is 1. The zero-order valence-corrected chi connectivity index (χ0v) is 12.8. The summed E-state index contributed by atoms with van der Waals surface area (Å²) in [4.78, 5) is 0.973. The molecule has 94 valence electrons. The van der Waals surface area contributed by atoms with Gasteiger partial charge in [-0.2, -0.15) is 0 Å². The molecule has 1 aliphatic rings. The molecule has 1 unspecified atom stereocenters. The predicted octanol–water partition coefficient (Wildman–Crippen LogP) is 4.54. The highest BCUT2D eigenvalue weighted by molar-refractivity contribution is 9.10. The van der Waals surface area contributed by atoms with Crippen LogP contribution in [0.4, 0.5) is 0 Å². The van der Waals surface area contributed by atoms with Gasteiger partial charge >= 0.3 is 0 Å². The Kier molecular flexibility index (Phi) is 3.27. The van der Waals surface area contributed by atoms with E-state index in [4.69, 9.17) is 11.6 Å². The van der Waals surface area contributed by atoms with Crippen molar-refractivity contribution in [1.82, 2.24) is 0 Å². The fourth-order valence-electron chi connectivity index (χ4n) is 2.52. The minimum absolute atomic E-state index is 0.673. The molecule has 0 radical (unpaired) electrons. The van der Waals surface area contributed by atoms with Gasteiger partial charge in [-0.1, -0.05) is 33.6 Å². The lowest BCUT2D eigenvalue weighted by atomic mass is 9.80. The summed E-state index contributed by atoms with van der Waals surface area (Å²) in [6.07, 6.45) is 2.33. The lowest BCUT2D eigenvalue weighted by molar-refractivity contribution is 0.0259. The van der Waals surface area contributed by atoms with Crippen LogP contribution >= 0.6 is 38.9 Å². The van der Waals surface area contributed by atoms with Crippen molar-refractivity contribution in [3.8, 4) is 0 Å². The molecule has 1 aliphatic carbocycles. The number of fused-ring (bicyclic) bond motifs is 1. The van der Waals surface area contributed by atoms with Crippen molar-refractivity contribution in [2.45, 2.75) is 24.9 Å². The predicted molar refractivity (Wildman–Crippen MR) is 79.4 cm³/mol. The third-order valence-corrected chi connectivity index (χ3v) is 5.41. The Morgan fingerprint density at radius 3 is 2.78 bits per heavy atom. The van der Waals surface area contributed by atoms with Crippen LogP contribution in [0.2, 0.25) is 4.34 Å². The summed E-state index contributed by atoms with van der Waals surface area (Å²) in [5.41, 5.74) is 1.81. The van der Waals surface area contributed by atoms with Gasteiger partial charge in [0.25, 0.3) is 0 Å². The van der Waals surface area contributed by atoms with Crippen LogP contribution in [-0.4, -0.2) is 5.11 Å². The summed E-state index contributed by atoms with van der Waals surface area (Å²) in [6, 6.07) is 10.1. The van der Waals surface area contributed by atoms with E-state index in [2.05, 4.69) is 28.1 Å². The molecule has 18 heavy (non-hydrogen) atoms. The van der Waals surface area contributed by atoms with E-state index < -0.39 is 5.60 Å². The van der Waals surface area contributed by atoms with Gasteiger partial charge in [0.15, 0.2) is 0 Å². The Hall–Kier alpha value is -0.350. The summed E-state index contributed by atoms with van der Waals surface area (Å²) < 4.78 is 1.84. The van der Waals surface area contributed by atoms with Crippen LogP contribution < -0.4 is 0 Å². The Balaban J connectivity index is 1.96. The van der Waals surface area contributed by atoms with Gasteiger partial charge in [0.05, 0.1) is 4.34 Å². The van der Waals surface area contributed by atoms with Crippen LogP contribution in [0.1, 0.15) is 22.4 Å². The molecule has 1 heterocycles. The molecule has 1 N–H and O–H groups in total. The number of benzene rings is 1. The van der Waals surface area contributed by atoms with Gasteiger partial charge in [-0.3, -0.25) is 0 Å². The Bertz CT molecular complexity index is 595. The molecule has 1 atom stereocenters. The first-order valence-electron chi connectivity index (χ1n) is 5.82. The minimum atomic E-state index is -0.751. The topological polar surface area (TPSA) is 20.2 Å². The molecule has 0 amide bonds. The van der Waals surface area contributed by atoms with E-state index in [1.54, 1.807) is 0 Å². The highest BCUT2D eigenvalue weighted by Crippen LogP contribution is 2.40. The molecule has 0 bridgehead atoms. The van der Waals surface area contributed by atoms with Crippen molar-refractivity contribution in [3.63, 3.8) is 0 Å². The van der Waals surface area contributed by atoms with Gasteiger partial charge in [-0.05, 0) is 48.2 Å². The molecular formula is C14H12BrClOS. The third kappa shape index (κ3) is 2.25. The third-order valence-electron chi connectivity index (χ3n) is 3.49. The van der Waals surface area contributed by atoms with Crippen molar-refractivity contribution in [1.29, 1.82) is 0 Å². The van der Waals surface area contributed by atoms with Gasteiger partial charge in [-0.25, -0.2) is 0 Å². The van der Waals surface area contributed by atoms with Crippen molar-refractivity contribution in [2.24, 2.45) is 0 Å². The second-order valence-corrected chi connectivity index (χ2v) is 7.36. The Morgan fingerprint density at radius 2 is 2.06 bits per heavy atom. The second kappa shape index (κ2) is 4.64. The quantitative estimate of drug-likeness (QED) is 0.806. The summed E-state index contributed by atoms with van der Waals surface area (Å²) in [5.74, 6) is 0. The fraction of sp³-hybridized carbons (Fsp3) is 0.286. The fourth-order valence-corrected chi connectivity index (χ4v) is 4.09. The Morgan fingerprint density at radius 1 is 1.22 bits per heavy atom. The van der Waals surface area contributed by atoms with E-state index in [9.17, 15) is 5.11 Å². The molecule has 0 saturated heterocycles. The molecule has 0 fully saturated rings. The highest BCUT2D eigenvalue weighted by atomic mass is 79.9. The smallest absolute Gasteiger partial charge is 0.103 e. The lowest BCUT2D eigenvalue weighted by Gasteiger charge is -2.32. The Labute approximate surface area is 124 Å². The van der Waals surface area contributed by atoms with Gasteiger partial charge in [0.1, 0.15) is 5.60 Å². The van der Waals surface area contributed by atoms with Crippen LogP contribution in [0.5, 0.6) is 0 Å². The number of hydrogen-bond acceptors (Lipinski definition) is 2. The van der Waals surface area contributed by atoms with Crippen LogP contribution in [-0.2, 0) is 18.4 Å². The van der Waals surface area contributed by atoms with Crippen LogP contribution in [0.25, 0.3) is 0 Å². The number of hydrogen-bond donors (Lipinski definition) is 1. The minimum Gasteiger partial charge on any atom is -0.384 e. The number of thiophene rings is 1. The molecule has 1 aromatic heterocycles. The maximum atomic E-state index is 10.8. The lowest BCUT2D eigenvalue weighted by Crippen LogP contribution is -2.32. The van der Waals surface area contributed by atoms with Gasteiger partial charge in [0, 0.05) is 15.8 Å². The van der Waals surface area contributed by atoms with E-state index >= 15 is 0 Å². The van der Waals surface area contributed by atoms with Crippen molar-refractivity contribution >= 4 is 38.9 Å². The molecule has 0 aliphatic heterocycles. The molecule has 0 saturated carbocycles. The second-order valence-electron chi connectivity index (χ2n) is 4.73. The molecule has 0 spiro atoms. The molecule has 4 heteroatoms. The van der Waals surface area contributed by atoms with Crippen LogP contribution in [0.15, 0.2) is 34.8 Å². The van der Waals surface area contributed by atoms with Gasteiger partial charge in [-0.15, -0.1) is 11.3 Å². The zero-order chi connectivity index (χ0) is 12.8. The van der Waals surface area contributed by atoms with E-state index in [1.165, 1.54) is 22.5 Å². The summed E-state index contributed by atoms with van der Waals surface area (Å²) in [5, 5.41) is 10.8. The summed E-state index contributed by atoms with van der Waals surface area (Å²) in [6.45, 7) is 0. The molecule has 2 aromatic rings. The standard InChI is InChI=1S/C14H12BrClOS/c15-11-2-1-10-8-14(17,6-5-9(10)7-11)12-3-4-13(16)18-12/h1-4,7,17H,5-6,8H2. The first-order chi connectivity index (χ1) is 8.57. The van der Waals surface area contributed by atoms with E-state index in [-0.39, 0.29) is 0 Å². The van der Waals surface area contributed by atoms with Crippen LogP contribution in [0, 0.1) is 0 Å². The van der Waals surface area contributed by atoms with E-state index in [0.717, 1.165) is 26.5 Å². The molecule has 1 aromatic carbocycles. The van der Waals surface area contributed by atoms with E-state index in [1.807, 2.05) is 18.2 Å². The van der Waals surface area contributed by atoms with Crippen molar-refractivity contribution in [3.05, 3.63) is 55.1 Å². The van der Waals surface area contributed by atoms with Crippen molar-refractivity contribution < 1.29 is 5.11 Å². The van der Waals surface area contributed by atoms with Gasteiger partial charge < -0.3 is 5.11 Å². The number of aliphatic hydroxyl groups is 1. The average molecular weight is 344 g/mol. The first-order valence-corrected chi connectivity index (χ1v) is 7.81. The maximum Gasteiger partial charge on any atom is 0.103 e. The molecule has 1 nitrogen and oxygen atoms in total. The summed E-state index contributed by atoms with van der Waals surface area (Å²) in [7, 11) is 0. The normalized spacial score (nSPS) is 22.8.